The number of carbonyl (C=O) groups excluding carboxylic acids is 1. The van der Waals surface area contributed by atoms with Gasteiger partial charge in [0, 0.05) is 18.3 Å². The SMILES string of the molecule is CC(=O)Nc1nnc(S(=O)(=O)NCC(Br)C(C)C)s1. The number of nitrogens with one attached hydrogen (secondary N) is 2. The number of rotatable bonds is 6. The van der Waals surface area contributed by atoms with Crippen molar-refractivity contribution in [2.45, 2.75) is 29.9 Å². The Labute approximate surface area is 124 Å². The molecular formula is C9H15BrN4O3S2. The molecule has 0 saturated heterocycles. The van der Waals surface area contributed by atoms with E-state index in [2.05, 4.69) is 36.2 Å². The Morgan fingerprint density at radius 3 is 2.58 bits per heavy atom. The highest BCUT2D eigenvalue weighted by atomic mass is 79.9. The lowest BCUT2D eigenvalue weighted by Gasteiger charge is -2.13. The molecule has 19 heavy (non-hydrogen) atoms. The summed E-state index contributed by atoms with van der Waals surface area (Å²) in [5, 5.41) is 9.69. The molecule has 1 amide bonds. The minimum Gasteiger partial charge on any atom is -0.301 e. The van der Waals surface area contributed by atoms with Crippen molar-refractivity contribution in [1.29, 1.82) is 0 Å². The van der Waals surface area contributed by atoms with Gasteiger partial charge >= 0.3 is 0 Å². The summed E-state index contributed by atoms with van der Waals surface area (Å²) in [7, 11) is -3.69. The fraction of sp³-hybridized carbons (Fsp3) is 0.667. The molecule has 1 atom stereocenters. The van der Waals surface area contributed by atoms with Crippen molar-refractivity contribution in [3.05, 3.63) is 0 Å². The molecule has 0 radical (unpaired) electrons. The van der Waals surface area contributed by atoms with E-state index in [9.17, 15) is 13.2 Å². The molecule has 0 fully saturated rings. The van der Waals surface area contributed by atoms with Crippen LogP contribution >= 0.6 is 27.3 Å². The van der Waals surface area contributed by atoms with Crippen molar-refractivity contribution < 1.29 is 13.2 Å². The number of sulfonamides is 1. The quantitative estimate of drug-likeness (QED) is 0.578. The molecule has 0 saturated carbocycles. The van der Waals surface area contributed by atoms with Crippen LogP contribution in [-0.4, -0.2) is 35.9 Å². The number of carbonyl (C=O) groups is 1. The van der Waals surface area contributed by atoms with Gasteiger partial charge in [0.05, 0.1) is 0 Å². The second-order valence-electron chi connectivity index (χ2n) is 4.17. The number of hydrogen-bond acceptors (Lipinski definition) is 6. The van der Waals surface area contributed by atoms with E-state index in [0.717, 1.165) is 11.3 Å². The van der Waals surface area contributed by atoms with E-state index < -0.39 is 10.0 Å². The highest BCUT2D eigenvalue weighted by Crippen LogP contribution is 2.20. The smallest absolute Gasteiger partial charge is 0.269 e. The van der Waals surface area contributed by atoms with E-state index >= 15 is 0 Å². The molecule has 1 rings (SSSR count). The maximum atomic E-state index is 11.9. The molecule has 0 bridgehead atoms. The van der Waals surface area contributed by atoms with Gasteiger partial charge in [-0.15, -0.1) is 10.2 Å². The summed E-state index contributed by atoms with van der Waals surface area (Å²) in [4.78, 5) is 10.9. The van der Waals surface area contributed by atoms with Crippen LogP contribution in [0.2, 0.25) is 0 Å². The largest absolute Gasteiger partial charge is 0.301 e. The van der Waals surface area contributed by atoms with E-state index in [4.69, 9.17) is 0 Å². The number of aromatic nitrogens is 2. The minimum atomic E-state index is -3.69. The first-order chi connectivity index (χ1) is 8.72. The van der Waals surface area contributed by atoms with Gasteiger partial charge < -0.3 is 5.32 Å². The van der Waals surface area contributed by atoms with Gasteiger partial charge in [-0.25, -0.2) is 13.1 Å². The molecule has 2 N–H and O–H groups in total. The summed E-state index contributed by atoms with van der Waals surface area (Å²) >= 11 is 4.20. The molecule has 1 aromatic rings. The van der Waals surface area contributed by atoms with E-state index in [1.807, 2.05) is 13.8 Å². The van der Waals surface area contributed by atoms with Gasteiger partial charge in [-0.05, 0) is 5.92 Å². The average molecular weight is 371 g/mol. The Morgan fingerprint density at radius 2 is 2.05 bits per heavy atom. The molecule has 1 unspecified atom stereocenters. The van der Waals surface area contributed by atoms with E-state index in [1.165, 1.54) is 6.92 Å². The van der Waals surface area contributed by atoms with Gasteiger partial charge in [0.1, 0.15) is 0 Å². The third kappa shape index (κ3) is 5.13. The maximum absolute atomic E-state index is 11.9. The summed E-state index contributed by atoms with van der Waals surface area (Å²) in [6.45, 7) is 5.53. The van der Waals surface area contributed by atoms with Gasteiger partial charge in [-0.3, -0.25) is 4.79 Å². The summed E-state index contributed by atoms with van der Waals surface area (Å²) in [5.74, 6) is -0.0274. The molecule has 7 nitrogen and oxygen atoms in total. The van der Waals surface area contributed by atoms with Crippen molar-refractivity contribution in [3.8, 4) is 0 Å². The minimum absolute atomic E-state index is 0.0324. The molecule has 0 aliphatic rings. The Balaban J connectivity index is 2.72. The van der Waals surface area contributed by atoms with Gasteiger partial charge in [0.15, 0.2) is 0 Å². The molecule has 0 aromatic carbocycles. The van der Waals surface area contributed by atoms with Crippen LogP contribution in [0.15, 0.2) is 4.34 Å². The van der Waals surface area contributed by atoms with Gasteiger partial charge in [0.2, 0.25) is 15.4 Å². The second-order valence-corrected chi connectivity index (χ2v) is 8.26. The van der Waals surface area contributed by atoms with Crippen LogP contribution in [0, 0.1) is 5.92 Å². The van der Waals surface area contributed by atoms with E-state index in [-0.39, 0.29) is 26.8 Å². The van der Waals surface area contributed by atoms with Gasteiger partial charge in [-0.1, -0.05) is 41.1 Å². The van der Waals surface area contributed by atoms with Crippen molar-refractivity contribution in [1.82, 2.24) is 14.9 Å². The lowest BCUT2D eigenvalue weighted by molar-refractivity contribution is -0.114. The van der Waals surface area contributed by atoms with Crippen LogP contribution in [-0.2, 0) is 14.8 Å². The summed E-state index contributed by atoms with van der Waals surface area (Å²) < 4.78 is 26.1. The Bertz CT molecular complexity index is 543. The molecule has 108 valence electrons. The lowest BCUT2D eigenvalue weighted by atomic mass is 10.1. The first kappa shape index (κ1) is 16.5. The zero-order valence-corrected chi connectivity index (χ0v) is 13.9. The third-order valence-corrected chi connectivity index (χ3v) is 6.12. The molecule has 1 aromatic heterocycles. The van der Waals surface area contributed by atoms with Crippen molar-refractivity contribution in [3.63, 3.8) is 0 Å². The molecule has 0 aliphatic heterocycles. The fourth-order valence-electron chi connectivity index (χ4n) is 1.01. The maximum Gasteiger partial charge on any atom is 0.269 e. The van der Waals surface area contributed by atoms with Crippen LogP contribution in [0.25, 0.3) is 0 Å². The van der Waals surface area contributed by atoms with E-state index in [1.54, 1.807) is 0 Å². The predicted octanol–water partition coefficient (Wildman–Crippen LogP) is 1.19. The highest BCUT2D eigenvalue weighted by Gasteiger charge is 2.22. The topological polar surface area (TPSA) is 101 Å². The summed E-state index contributed by atoms with van der Waals surface area (Å²) in [5.41, 5.74) is 0. The fourth-order valence-corrected chi connectivity index (χ4v) is 3.43. The number of alkyl halides is 1. The Morgan fingerprint density at radius 1 is 1.42 bits per heavy atom. The molecule has 0 spiro atoms. The van der Waals surface area contributed by atoms with E-state index in [0.29, 0.717) is 5.92 Å². The normalized spacial score (nSPS) is 13.5. The highest BCUT2D eigenvalue weighted by molar-refractivity contribution is 9.09. The third-order valence-electron chi connectivity index (χ3n) is 2.11. The van der Waals surface area contributed by atoms with Crippen LogP contribution in [0.3, 0.4) is 0 Å². The summed E-state index contributed by atoms with van der Waals surface area (Å²) in [6.07, 6.45) is 0. The van der Waals surface area contributed by atoms with Crippen LogP contribution in [0.4, 0.5) is 5.13 Å². The van der Waals surface area contributed by atoms with Crippen LogP contribution in [0.1, 0.15) is 20.8 Å². The van der Waals surface area contributed by atoms with Crippen molar-refractivity contribution >= 4 is 48.3 Å². The van der Waals surface area contributed by atoms with Crippen LogP contribution < -0.4 is 10.0 Å². The number of anilines is 1. The molecule has 1 heterocycles. The molecular weight excluding hydrogens is 356 g/mol. The molecule has 0 aliphatic carbocycles. The lowest BCUT2D eigenvalue weighted by Crippen LogP contribution is -2.31. The zero-order valence-electron chi connectivity index (χ0n) is 10.7. The second kappa shape index (κ2) is 6.73. The Hall–Kier alpha value is -0.580. The molecule has 10 heteroatoms. The number of nitrogens with zero attached hydrogens (tertiary/aromatic N) is 2. The van der Waals surface area contributed by atoms with Crippen LogP contribution in [0.5, 0.6) is 0 Å². The monoisotopic (exact) mass is 370 g/mol. The standard InChI is InChI=1S/C9H15BrN4O3S2/c1-5(2)7(10)4-11-19(16,17)9-14-13-8(18-9)12-6(3)15/h5,7,11H,4H2,1-3H3,(H,12,13,15). The first-order valence-corrected chi connectivity index (χ1v) is 8.68. The number of hydrogen-bond donors (Lipinski definition) is 2. The number of amides is 1. The zero-order chi connectivity index (χ0) is 14.6. The van der Waals surface area contributed by atoms with Gasteiger partial charge in [0.25, 0.3) is 10.0 Å². The average Bonchev–Trinajstić information content (AvgIpc) is 2.74. The predicted molar refractivity (Wildman–Crippen MR) is 77.0 cm³/mol. The van der Waals surface area contributed by atoms with Crippen molar-refractivity contribution in [2.75, 3.05) is 11.9 Å². The van der Waals surface area contributed by atoms with Crippen molar-refractivity contribution in [2.24, 2.45) is 5.92 Å². The first-order valence-electron chi connectivity index (χ1n) is 5.47. The Kier molecular flexibility index (Phi) is 5.83. The van der Waals surface area contributed by atoms with Gasteiger partial charge in [-0.2, -0.15) is 0 Å². The summed E-state index contributed by atoms with van der Waals surface area (Å²) in [6, 6.07) is 0. The number of halogens is 1.